The van der Waals surface area contributed by atoms with Crippen LogP contribution in [0.2, 0.25) is 0 Å². The zero-order chi connectivity index (χ0) is 12.8. The van der Waals surface area contributed by atoms with E-state index in [1.807, 2.05) is 32.0 Å². The largest absolute Gasteiger partial charge is 0.326 e. The molecule has 4 heteroatoms. The first kappa shape index (κ1) is 13.4. The Kier molecular flexibility index (Phi) is 4.84. The molecule has 0 aliphatic carbocycles. The van der Waals surface area contributed by atoms with Gasteiger partial charge in [0.25, 0.3) is 0 Å². The fourth-order valence-corrected chi connectivity index (χ4v) is 1.37. The van der Waals surface area contributed by atoms with Gasteiger partial charge in [-0.15, -0.1) is 0 Å². The van der Waals surface area contributed by atoms with E-state index < -0.39 is 6.04 Å². The van der Waals surface area contributed by atoms with E-state index in [9.17, 15) is 9.59 Å². The number of hydrogen-bond donors (Lipinski definition) is 2. The maximum Gasteiger partial charge on any atom is 0.231 e. The Bertz CT molecular complexity index is 388. The third-order valence-corrected chi connectivity index (χ3v) is 2.48. The molecule has 0 saturated heterocycles. The van der Waals surface area contributed by atoms with Crippen molar-refractivity contribution in [1.82, 2.24) is 0 Å². The number of benzene rings is 1. The molecule has 4 nitrogen and oxygen atoms in total. The van der Waals surface area contributed by atoms with E-state index in [-0.39, 0.29) is 24.0 Å². The number of rotatable bonds is 5. The molecule has 0 radical (unpaired) electrons. The Hall–Kier alpha value is -1.68. The van der Waals surface area contributed by atoms with Crippen molar-refractivity contribution in [2.75, 3.05) is 5.32 Å². The van der Waals surface area contributed by atoms with Gasteiger partial charge in [0, 0.05) is 5.69 Å². The minimum Gasteiger partial charge on any atom is -0.326 e. The van der Waals surface area contributed by atoms with Crippen LogP contribution in [0.3, 0.4) is 0 Å². The molecule has 1 atom stereocenters. The van der Waals surface area contributed by atoms with Crippen molar-refractivity contribution in [3.05, 3.63) is 30.3 Å². The molecule has 0 aromatic heterocycles. The minimum atomic E-state index is -0.573. The summed E-state index contributed by atoms with van der Waals surface area (Å²) in [5, 5.41) is 2.65. The van der Waals surface area contributed by atoms with Crippen LogP contribution in [-0.2, 0) is 9.59 Å². The first-order valence-corrected chi connectivity index (χ1v) is 5.64. The van der Waals surface area contributed by atoms with Crippen LogP contribution in [0.15, 0.2) is 30.3 Å². The van der Waals surface area contributed by atoms with Crippen molar-refractivity contribution in [2.24, 2.45) is 11.7 Å². The number of ketones is 1. The van der Waals surface area contributed by atoms with Crippen molar-refractivity contribution in [2.45, 2.75) is 26.3 Å². The molecule has 1 amide bonds. The number of anilines is 1. The van der Waals surface area contributed by atoms with Crippen LogP contribution in [0.25, 0.3) is 0 Å². The van der Waals surface area contributed by atoms with Gasteiger partial charge in [0.05, 0.1) is 12.5 Å². The van der Waals surface area contributed by atoms with Gasteiger partial charge < -0.3 is 11.1 Å². The monoisotopic (exact) mass is 234 g/mol. The second-order valence-electron chi connectivity index (χ2n) is 4.33. The van der Waals surface area contributed by atoms with Gasteiger partial charge in [-0.1, -0.05) is 32.0 Å². The van der Waals surface area contributed by atoms with Gasteiger partial charge in [-0.05, 0) is 18.1 Å². The number of hydrogen-bond acceptors (Lipinski definition) is 3. The van der Waals surface area contributed by atoms with Gasteiger partial charge in [0.2, 0.25) is 5.91 Å². The zero-order valence-corrected chi connectivity index (χ0v) is 10.1. The SMILES string of the molecule is CC(C)C(N)C(=O)CC(=O)Nc1ccccc1. The lowest BCUT2D eigenvalue weighted by Gasteiger charge is -2.13. The number of carbonyl (C=O) groups excluding carboxylic acids is 2. The molecule has 92 valence electrons. The zero-order valence-electron chi connectivity index (χ0n) is 10.1. The summed E-state index contributed by atoms with van der Waals surface area (Å²) in [4.78, 5) is 23.2. The van der Waals surface area contributed by atoms with Gasteiger partial charge in [-0.3, -0.25) is 9.59 Å². The lowest BCUT2D eigenvalue weighted by Crippen LogP contribution is -2.37. The van der Waals surface area contributed by atoms with Crippen LogP contribution in [0.1, 0.15) is 20.3 Å². The second kappa shape index (κ2) is 6.15. The van der Waals surface area contributed by atoms with Crippen LogP contribution in [0.4, 0.5) is 5.69 Å². The van der Waals surface area contributed by atoms with E-state index in [1.54, 1.807) is 12.1 Å². The molecule has 0 heterocycles. The van der Waals surface area contributed by atoms with Crippen LogP contribution in [-0.4, -0.2) is 17.7 Å². The van der Waals surface area contributed by atoms with E-state index in [0.29, 0.717) is 5.69 Å². The van der Waals surface area contributed by atoms with Gasteiger partial charge in [0.1, 0.15) is 0 Å². The summed E-state index contributed by atoms with van der Waals surface area (Å²) in [6, 6.07) is 8.45. The molecule has 0 fully saturated rings. The number of amides is 1. The maximum atomic E-state index is 11.6. The minimum absolute atomic E-state index is 0.0482. The molecular formula is C13H18N2O2. The topological polar surface area (TPSA) is 72.2 Å². The number of nitrogens with one attached hydrogen (secondary N) is 1. The average molecular weight is 234 g/mol. The molecule has 1 rings (SSSR count). The molecule has 0 saturated carbocycles. The Balaban J connectivity index is 2.48. The van der Waals surface area contributed by atoms with Crippen molar-refractivity contribution in [3.8, 4) is 0 Å². The quantitative estimate of drug-likeness (QED) is 0.759. The number of para-hydroxylation sites is 1. The van der Waals surface area contributed by atoms with E-state index >= 15 is 0 Å². The predicted octanol–water partition coefficient (Wildman–Crippen LogP) is 1.57. The summed E-state index contributed by atoms with van der Waals surface area (Å²) < 4.78 is 0. The highest BCUT2D eigenvalue weighted by atomic mass is 16.2. The summed E-state index contributed by atoms with van der Waals surface area (Å²) in [5.41, 5.74) is 6.36. The first-order chi connectivity index (χ1) is 8.00. The normalized spacial score (nSPS) is 12.2. The van der Waals surface area contributed by atoms with E-state index in [2.05, 4.69) is 5.32 Å². The number of carbonyl (C=O) groups is 2. The Morgan fingerprint density at radius 1 is 1.24 bits per heavy atom. The van der Waals surface area contributed by atoms with Gasteiger partial charge in [0.15, 0.2) is 5.78 Å². The van der Waals surface area contributed by atoms with Crippen molar-refractivity contribution in [3.63, 3.8) is 0 Å². The van der Waals surface area contributed by atoms with E-state index in [4.69, 9.17) is 5.73 Å². The van der Waals surface area contributed by atoms with E-state index in [1.165, 1.54) is 0 Å². The van der Waals surface area contributed by atoms with Crippen molar-refractivity contribution >= 4 is 17.4 Å². The second-order valence-corrected chi connectivity index (χ2v) is 4.33. The smallest absolute Gasteiger partial charge is 0.231 e. The van der Waals surface area contributed by atoms with Gasteiger partial charge in [-0.25, -0.2) is 0 Å². The van der Waals surface area contributed by atoms with Gasteiger partial charge >= 0.3 is 0 Å². The molecule has 1 unspecified atom stereocenters. The first-order valence-electron chi connectivity index (χ1n) is 5.64. The molecule has 0 bridgehead atoms. The lowest BCUT2D eigenvalue weighted by atomic mass is 9.99. The fraction of sp³-hybridized carbons (Fsp3) is 0.385. The average Bonchev–Trinajstić information content (AvgIpc) is 2.28. The Morgan fingerprint density at radius 2 is 1.82 bits per heavy atom. The van der Waals surface area contributed by atoms with Crippen LogP contribution >= 0.6 is 0 Å². The molecule has 0 aliphatic heterocycles. The van der Waals surface area contributed by atoms with Crippen molar-refractivity contribution in [1.29, 1.82) is 0 Å². The fourth-order valence-electron chi connectivity index (χ4n) is 1.37. The summed E-state index contributed by atoms with van der Waals surface area (Å²) in [7, 11) is 0. The highest BCUT2D eigenvalue weighted by Crippen LogP contribution is 2.07. The molecule has 17 heavy (non-hydrogen) atoms. The highest BCUT2D eigenvalue weighted by Gasteiger charge is 2.19. The Labute approximate surface area is 101 Å². The summed E-state index contributed by atoms with van der Waals surface area (Å²) >= 11 is 0. The molecule has 0 aliphatic rings. The van der Waals surface area contributed by atoms with Crippen LogP contribution in [0, 0.1) is 5.92 Å². The molecule has 1 aromatic rings. The maximum absolute atomic E-state index is 11.6. The summed E-state index contributed by atoms with van der Waals surface area (Å²) in [6.07, 6.45) is -0.172. The van der Waals surface area contributed by atoms with Crippen molar-refractivity contribution < 1.29 is 9.59 Å². The third-order valence-electron chi connectivity index (χ3n) is 2.48. The lowest BCUT2D eigenvalue weighted by molar-refractivity contribution is -0.126. The standard InChI is InChI=1S/C13H18N2O2/c1-9(2)13(14)11(16)8-12(17)15-10-6-4-3-5-7-10/h3-7,9,13H,8,14H2,1-2H3,(H,15,17). The number of nitrogens with two attached hydrogens (primary N) is 1. The van der Waals surface area contributed by atoms with Crippen LogP contribution < -0.4 is 11.1 Å². The van der Waals surface area contributed by atoms with Crippen LogP contribution in [0.5, 0.6) is 0 Å². The molecular weight excluding hydrogens is 216 g/mol. The highest BCUT2D eigenvalue weighted by molar-refractivity contribution is 6.06. The predicted molar refractivity (Wildman–Crippen MR) is 67.5 cm³/mol. The summed E-state index contributed by atoms with van der Waals surface area (Å²) in [6.45, 7) is 3.72. The molecule has 1 aromatic carbocycles. The van der Waals surface area contributed by atoms with Gasteiger partial charge in [-0.2, -0.15) is 0 Å². The van der Waals surface area contributed by atoms with E-state index in [0.717, 1.165) is 0 Å². The molecule has 3 N–H and O–H groups in total. The Morgan fingerprint density at radius 3 is 2.35 bits per heavy atom. The molecule has 0 spiro atoms. The number of Topliss-reactive ketones (excluding diaryl/α,β-unsaturated/α-hetero) is 1. The third kappa shape index (κ3) is 4.36. The summed E-state index contributed by atoms with van der Waals surface area (Å²) in [5.74, 6) is -0.502.